The van der Waals surface area contributed by atoms with Crippen LogP contribution in [-0.2, 0) is 9.53 Å². The number of likely N-dealkylation sites (N-methyl/N-ethyl adjacent to an activating group) is 1. The number of aliphatic carboxylic acids is 1. The molecule has 2 atom stereocenters. The molecule has 1 aliphatic heterocycles. The summed E-state index contributed by atoms with van der Waals surface area (Å²) in [5.74, 6) is -1.09. The highest BCUT2D eigenvalue weighted by atomic mass is 16.5. The molecule has 116 valence electrons. The average Bonchev–Trinajstić information content (AvgIpc) is 2.78. The molecule has 0 radical (unpaired) electrons. The van der Waals surface area contributed by atoms with Gasteiger partial charge in [0.25, 0.3) is 0 Å². The maximum Gasteiger partial charge on any atom is 0.326 e. The Labute approximate surface area is 118 Å². The first-order chi connectivity index (χ1) is 9.45. The number of hydrogen-bond donors (Lipinski definition) is 3. The number of nitrogens with zero attached hydrogens (tertiary/aromatic N) is 2. The predicted molar refractivity (Wildman–Crippen MR) is 71.5 cm³/mol. The van der Waals surface area contributed by atoms with Crippen molar-refractivity contribution in [1.29, 1.82) is 0 Å². The van der Waals surface area contributed by atoms with Gasteiger partial charge in [-0.25, -0.2) is 9.59 Å². The lowest BCUT2D eigenvalue weighted by Crippen LogP contribution is -2.47. The third-order valence-corrected chi connectivity index (χ3v) is 3.27. The molecule has 0 aromatic carbocycles. The van der Waals surface area contributed by atoms with Gasteiger partial charge in [0.15, 0.2) is 0 Å². The number of carbonyl (C=O) groups excluding carboxylic acids is 1. The number of methoxy groups -OCH3 is 1. The lowest BCUT2D eigenvalue weighted by atomic mass is 10.2. The van der Waals surface area contributed by atoms with Gasteiger partial charge in [0, 0.05) is 39.7 Å². The molecule has 0 aromatic heterocycles. The van der Waals surface area contributed by atoms with Crippen molar-refractivity contribution >= 4 is 12.0 Å². The summed E-state index contributed by atoms with van der Waals surface area (Å²) in [6, 6.07) is -1.40. The molecule has 0 bridgehead atoms. The van der Waals surface area contributed by atoms with E-state index in [9.17, 15) is 14.7 Å². The Morgan fingerprint density at radius 3 is 2.75 bits per heavy atom. The van der Waals surface area contributed by atoms with Crippen LogP contribution < -0.4 is 5.32 Å². The molecule has 8 heteroatoms. The van der Waals surface area contributed by atoms with Crippen LogP contribution in [-0.4, -0.2) is 91.1 Å². The first-order valence-corrected chi connectivity index (χ1v) is 6.58. The van der Waals surface area contributed by atoms with E-state index in [1.807, 2.05) is 11.9 Å². The second-order valence-corrected chi connectivity index (χ2v) is 4.92. The van der Waals surface area contributed by atoms with Crippen LogP contribution in [0.1, 0.15) is 6.42 Å². The van der Waals surface area contributed by atoms with E-state index < -0.39 is 24.1 Å². The van der Waals surface area contributed by atoms with Crippen LogP contribution in [0.15, 0.2) is 0 Å². The first kappa shape index (κ1) is 16.7. The van der Waals surface area contributed by atoms with E-state index in [0.29, 0.717) is 19.7 Å². The number of hydrogen-bond acceptors (Lipinski definition) is 5. The second kappa shape index (κ2) is 8.03. The third kappa shape index (κ3) is 4.95. The lowest BCUT2D eigenvalue weighted by molar-refractivity contribution is -0.141. The standard InChI is InChI=1S/C12H23N3O5/c1-14(5-6-20-2)4-3-13-12(19)15-8-9(16)7-10(15)11(17)18/h9-10,16H,3-8H2,1-2H3,(H,13,19)(H,17,18)/t9-,10-/m1/s1. The van der Waals surface area contributed by atoms with Crippen LogP contribution in [0.2, 0.25) is 0 Å². The van der Waals surface area contributed by atoms with E-state index in [2.05, 4.69) is 5.32 Å². The zero-order valence-corrected chi connectivity index (χ0v) is 11.9. The molecule has 0 spiro atoms. The number of amides is 2. The van der Waals surface area contributed by atoms with Crippen LogP contribution in [0.4, 0.5) is 4.79 Å². The van der Waals surface area contributed by atoms with E-state index in [1.54, 1.807) is 7.11 Å². The summed E-state index contributed by atoms with van der Waals surface area (Å²) in [5.41, 5.74) is 0. The number of carbonyl (C=O) groups is 2. The summed E-state index contributed by atoms with van der Waals surface area (Å²) in [6.45, 7) is 2.49. The summed E-state index contributed by atoms with van der Waals surface area (Å²) >= 11 is 0. The summed E-state index contributed by atoms with van der Waals surface area (Å²) in [5, 5.41) is 21.1. The topological polar surface area (TPSA) is 102 Å². The van der Waals surface area contributed by atoms with Gasteiger partial charge in [0.2, 0.25) is 0 Å². The lowest BCUT2D eigenvalue weighted by Gasteiger charge is -2.22. The molecule has 8 nitrogen and oxygen atoms in total. The molecule has 0 aliphatic carbocycles. The fraction of sp³-hybridized carbons (Fsp3) is 0.833. The van der Waals surface area contributed by atoms with Gasteiger partial charge in [-0.1, -0.05) is 0 Å². The zero-order valence-electron chi connectivity index (χ0n) is 11.9. The fourth-order valence-corrected chi connectivity index (χ4v) is 2.09. The number of carboxylic acid groups (broad SMARTS) is 1. The van der Waals surface area contributed by atoms with Crippen LogP contribution in [0.3, 0.4) is 0 Å². The minimum absolute atomic E-state index is 0.0579. The molecule has 0 aromatic rings. The van der Waals surface area contributed by atoms with Gasteiger partial charge in [0.05, 0.1) is 12.7 Å². The number of carboxylic acids is 1. The predicted octanol–water partition coefficient (Wildman–Crippen LogP) is -1.21. The number of aliphatic hydroxyl groups excluding tert-OH is 1. The summed E-state index contributed by atoms with van der Waals surface area (Å²) < 4.78 is 4.94. The maximum absolute atomic E-state index is 11.9. The molecule has 2 amide bonds. The number of rotatable bonds is 7. The van der Waals surface area contributed by atoms with Gasteiger partial charge in [0.1, 0.15) is 6.04 Å². The van der Waals surface area contributed by atoms with Gasteiger partial charge in [-0.15, -0.1) is 0 Å². The molecule has 3 N–H and O–H groups in total. The summed E-state index contributed by atoms with van der Waals surface area (Å²) in [6.07, 6.45) is -0.692. The molecular weight excluding hydrogens is 266 g/mol. The number of ether oxygens (including phenoxy) is 1. The minimum Gasteiger partial charge on any atom is -0.480 e. The number of aliphatic hydroxyl groups is 1. The molecule has 1 fully saturated rings. The van der Waals surface area contributed by atoms with Gasteiger partial charge in [-0.2, -0.15) is 0 Å². The van der Waals surface area contributed by atoms with E-state index >= 15 is 0 Å². The Bertz CT molecular complexity index is 339. The fourth-order valence-electron chi connectivity index (χ4n) is 2.09. The van der Waals surface area contributed by atoms with Gasteiger partial charge < -0.3 is 30.1 Å². The molecule has 1 saturated heterocycles. The highest BCUT2D eigenvalue weighted by Crippen LogP contribution is 2.17. The number of nitrogens with one attached hydrogen (secondary N) is 1. The van der Waals surface area contributed by atoms with Crippen molar-refractivity contribution in [2.75, 3.05) is 46.9 Å². The van der Waals surface area contributed by atoms with Crippen molar-refractivity contribution < 1.29 is 24.5 Å². The number of likely N-dealkylation sites (tertiary alicyclic amines) is 1. The SMILES string of the molecule is COCCN(C)CCNC(=O)N1C[C@H](O)C[C@@H]1C(=O)O. The molecule has 0 unspecified atom stereocenters. The largest absolute Gasteiger partial charge is 0.480 e. The van der Waals surface area contributed by atoms with Crippen molar-refractivity contribution in [3.05, 3.63) is 0 Å². The average molecular weight is 289 g/mol. The van der Waals surface area contributed by atoms with Crippen molar-refractivity contribution in [2.24, 2.45) is 0 Å². The van der Waals surface area contributed by atoms with Crippen molar-refractivity contribution in [3.8, 4) is 0 Å². The van der Waals surface area contributed by atoms with E-state index in [0.717, 1.165) is 6.54 Å². The molecule has 20 heavy (non-hydrogen) atoms. The van der Waals surface area contributed by atoms with Crippen molar-refractivity contribution in [1.82, 2.24) is 15.1 Å². The van der Waals surface area contributed by atoms with Gasteiger partial charge in [-0.05, 0) is 7.05 Å². The summed E-state index contributed by atoms with van der Waals surface area (Å²) in [7, 11) is 3.53. The quantitative estimate of drug-likeness (QED) is 0.544. The van der Waals surface area contributed by atoms with Crippen LogP contribution in [0, 0.1) is 0 Å². The van der Waals surface area contributed by atoms with Crippen molar-refractivity contribution in [3.63, 3.8) is 0 Å². The highest BCUT2D eigenvalue weighted by Gasteiger charge is 2.38. The van der Waals surface area contributed by atoms with Crippen LogP contribution >= 0.6 is 0 Å². The van der Waals surface area contributed by atoms with E-state index in [4.69, 9.17) is 9.84 Å². The Kier molecular flexibility index (Phi) is 6.69. The van der Waals surface area contributed by atoms with Gasteiger partial charge in [-0.3, -0.25) is 0 Å². The Morgan fingerprint density at radius 2 is 2.15 bits per heavy atom. The number of β-amino-alcohol motifs (C(OH)–C–C–N with tert-alkyl or cyclic N) is 1. The number of urea groups is 1. The minimum atomic E-state index is -1.09. The van der Waals surface area contributed by atoms with E-state index in [-0.39, 0.29) is 13.0 Å². The van der Waals surface area contributed by atoms with Crippen LogP contribution in [0.25, 0.3) is 0 Å². The second-order valence-electron chi connectivity index (χ2n) is 4.92. The van der Waals surface area contributed by atoms with E-state index in [1.165, 1.54) is 4.90 Å². The Morgan fingerprint density at radius 1 is 1.45 bits per heavy atom. The Hall–Kier alpha value is -1.38. The van der Waals surface area contributed by atoms with Gasteiger partial charge >= 0.3 is 12.0 Å². The molecular formula is C12H23N3O5. The third-order valence-electron chi connectivity index (χ3n) is 3.27. The van der Waals surface area contributed by atoms with Crippen LogP contribution in [0.5, 0.6) is 0 Å². The molecule has 0 saturated carbocycles. The summed E-state index contributed by atoms with van der Waals surface area (Å²) in [4.78, 5) is 26.1. The first-order valence-electron chi connectivity index (χ1n) is 6.58. The highest BCUT2D eigenvalue weighted by molar-refractivity contribution is 5.83. The molecule has 1 heterocycles. The maximum atomic E-state index is 11.9. The zero-order chi connectivity index (χ0) is 15.1. The smallest absolute Gasteiger partial charge is 0.326 e. The molecule has 1 rings (SSSR count). The van der Waals surface area contributed by atoms with Crippen molar-refractivity contribution in [2.45, 2.75) is 18.6 Å². The normalized spacial score (nSPS) is 22.3. The monoisotopic (exact) mass is 289 g/mol. The Balaban J connectivity index is 2.33. The molecule has 1 aliphatic rings.